The highest BCUT2D eigenvalue weighted by atomic mass is 35.5. The second-order valence-electron chi connectivity index (χ2n) is 5.84. The molecule has 0 radical (unpaired) electrons. The van der Waals surface area contributed by atoms with E-state index in [0.29, 0.717) is 33.7 Å². The molecule has 3 aromatic rings. The fourth-order valence-corrected chi connectivity index (χ4v) is 3.14. The summed E-state index contributed by atoms with van der Waals surface area (Å²) in [4.78, 5) is 4.39. The Bertz CT molecular complexity index is 1020. The van der Waals surface area contributed by atoms with Gasteiger partial charge in [-0.05, 0) is 48.0 Å². The molecule has 0 bridgehead atoms. The lowest BCUT2D eigenvalue weighted by Crippen LogP contribution is -1.96. The molecule has 7 heteroatoms. The summed E-state index contributed by atoms with van der Waals surface area (Å²) >= 11 is 18.0. The summed E-state index contributed by atoms with van der Waals surface area (Å²) < 4.78 is 11.1. The van der Waals surface area contributed by atoms with Crippen LogP contribution in [-0.2, 0) is 6.61 Å². The summed E-state index contributed by atoms with van der Waals surface area (Å²) in [5, 5.41) is 11.1. The van der Waals surface area contributed by atoms with E-state index in [9.17, 15) is 5.11 Å². The molecule has 0 unspecified atom stereocenters. The predicted octanol–water partition coefficient (Wildman–Crippen LogP) is 6.69. The largest absolute Gasteiger partial charge is 0.506 e. The summed E-state index contributed by atoms with van der Waals surface area (Å²) in [5.74, 6) is 1.19. The molecular formula is C21H16Cl3NO3. The van der Waals surface area contributed by atoms with Gasteiger partial charge < -0.3 is 14.6 Å². The normalized spacial score (nSPS) is 11.0. The minimum Gasteiger partial charge on any atom is -0.506 e. The molecule has 0 saturated carbocycles. The van der Waals surface area contributed by atoms with Crippen LogP contribution in [0.1, 0.15) is 11.1 Å². The lowest BCUT2D eigenvalue weighted by molar-refractivity contribution is 0.306. The molecule has 3 aromatic carbocycles. The number of aromatic hydroxyl groups is 1. The molecule has 0 aliphatic carbocycles. The number of phenolic OH excluding ortho intramolecular Hbond substituents is 1. The molecule has 0 aliphatic rings. The van der Waals surface area contributed by atoms with Crippen LogP contribution in [-0.4, -0.2) is 18.4 Å². The summed E-state index contributed by atoms with van der Waals surface area (Å²) in [6.07, 6.45) is 1.46. The first-order valence-corrected chi connectivity index (χ1v) is 9.37. The van der Waals surface area contributed by atoms with Crippen LogP contribution in [0.15, 0.2) is 59.6 Å². The third-order valence-corrected chi connectivity index (χ3v) is 4.59. The smallest absolute Gasteiger partial charge is 0.145 e. The number of hydrogen-bond donors (Lipinski definition) is 1. The number of aliphatic imine (C=N–C) groups is 1. The maximum Gasteiger partial charge on any atom is 0.145 e. The van der Waals surface area contributed by atoms with Crippen LogP contribution in [0.25, 0.3) is 0 Å². The fourth-order valence-electron chi connectivity index (χ4n) is 2.46. The topological polar surface area (TPSA) is 51.0 Å². The monoisotopic (exact) mass is 435 g/mol. The van der Waals surface area contributed by atoms with Gasteiger partial charge in [-0.15, -0.1) is 0 Å². The van der Waals surface area contributed by atoms with Crippen molar-refractivity contribution in [1.82, 2.24) is 0 Å². The lowest BCUT2D eigenvalue weighted by Gasteiger charge is -2.10. The number of halogens is 3. The second-order valence-corrected chi connectivity index (χ2v) is 7.12. The van der Waals surface area contributed by atoms with Gasteiger partial charge in [-0.25, -0.2) is 0 Å². The first kappa shape index (κ1) is 20.3. The van der Waals surface area contributed by atoms with Crippen molar-refractivity contribution >= 4 is 46.7 Å². The van der Waals surface area contributed by atoms with E-state index >= 15 is 0 Å². The molecule has 0 heterocycles. The molecule has 0 fully saturated rings. The van der Waals surface area contributed by atoms with Gasteiger partial charge in [0.05, 0.1) is 12.1 Å². The van der Waals surface area contributed by atoms with Gasteiger partial charge >= 0.3 is 0 Å². The van der Waals surface area contributed by atoms with E-state index in [1.54, 1.807) is 31.4 Å². The molecule has 4 nitrogen and oxygen atoms in total. The van der Waals surface area contributed by atoms with E-state index in [0.717, 1.165) is 11.3 Å². The number of nitrogens with zero attached hydrogens (tertiary/aromatic N) is 1. The average molecular weight is 437 g/mol. The molecule has 28 heavy (non-hydrogen) atoms. The number of rotatable bonds is 6. The summed E-state index contributed by atoms with van der Waals surface area (Å²) in [6, 6.07) is 15.7. The number of hydrogen-bond acceptors (Lipinski definition) is 4. The number of phenols is 1. The van der Waals surface area contributed by atoms with Crippen molar-refractivity contribution in [2.45, 2.75) is 6.61 Å². The third kappa shape index (κ3) is 5.10. The van der Waals surface area contributed by atoms with Gasteiger partial charge in [-0.2, -0.15) is 0 Å². The van der Waals surface area contributed by atoms with E-state index < -0.39 is 0 Å². The number of methoxy groups -OCH3 is 1. The van der Waals surface area contributed by atoms with Gasteiger partial charge in [0.2, 0.25) is 0 Å². The Balaban J connectivity index is 1.85. The Kier molecular flexibility index (Phi) is 6.68. The number of ether oxygens (including phenoxy) is 2. The van der Waals surface area contributed by atoms with E-state index in [2.05, 4.69) is 4.99 Å². The Morgan fingerprint density at radius 2 is 1.82 bits per heavy atom. The molecule has 0 amide bonds. The zero-order valence-electron chi connectivity index (χ0n) is 14.8. The van der Waals surface area contributed by atoms with Gasteiger partial charge in [0.1, 0.15) is 29.5 Å². The third-order valence-electron chi connectivity index (χ3n) is 3.85. The SMILES string of the molecule is COc1cccc(COc2ccc(Cl)cc2N=Cc2cc(Cl)cc(Cl)c2O)c1. The first-order valence-electron chi connectivity index (χ1n) is 8.23. The van der Waals surface area contributed by atoms with Crippen LogP contribution in [0.5, 0.6) is 17.2 Å². The van der Waals surface area contributed by atoms with Crippen molar-refractivity contribution in [3.63, 3.8) is 0 Å². The van der Waals surface area contributed by atoms with Crippen LogP contribution in [0, 0.1) is 0 Å². The van der Waals surface area contributed by atoms with Crippen molar-refractivity contribution in [2.24, 2.45) is 4.99 Å². The maximum absolute atomic E-state index is 10.1. The molecule has 0 atom stereocenters. The van der Waals surface area contributed by atoms with Gasteiger partial charge in [0.25, 0.3) is 0 Å². The van der Waals surface area contributed by atoms with Gasteiger partial charge in [-0.1, -0.05) is 46.9 Å². The van der Waals surface area contributed by atoms with Crippen molar-refractivity contribution < 1.29 is 14.6 Å². The van der Waals surface area contributed by atoms with Crippen molar-refractivity contribution in [2.75, 3.05) is 7.11 Å². The van der Waals surface area contributed by atoms with Crippen molar-refractivity contribution in [1.29, 1.82) is 0 Å². The van der Waals surface area contributed by atoms with Crippen LogP contribution in [0.4, 0.5) is 5.69 Å². The minimum absolute atomic E-state index is 0.101. The zero-order valence-corrected chi connectivity index (χ0v) is 17.1. The predicted molar refractivity (Wildman–Crippen MR) is 114 cm³/mol. The zero-order chi connectivity index (χ0) is 20.1. The standard InChI is InChI=1S/C21H16Cl3NO3/c1-27-17-4-2-3-13(7-17)12-28-20-6-5-15(22)10-19(20)25-11-14-8-16(23)9-18(24)21(14)26/h2-11,26H,12H2,1H3. The Morgan fingerprint density at radius 3 is 2.61 bits per heavy atom. The Labute approximate surface area is 177 Å². The highest BCUT2D eigenvalue weighted by Crippen LogP contribution is 2.33. The molecule has 144 valence electrons. The Hall–Kier alpha value is -2.40. The fraction of sp³-hybridized carbons (Fsp3) is 0.0952. The van der Waals surface area contributed by atoms with Gasteiger partial charge in [-0.3, -0.25) is 4.99 Å². The van der Waals surface area contributed by atoms with Crippen LogP contribution in [0.3, 0.4) is 0 Å². The average Bonchev–Trinajstić information content (AvgIpc) is 2.69. The summed E-state index contributed by atoms with van der Waals surface area (Å²) in [5.41, 5.74) is 1.84. The van der Waals surface area contributed by atoms with Crippen molar-refractivity contribution in [3.05, 3.63) is 80.8 Å². The van der Waals surface area contributed by atoms with Gasteiger partial charge in [0, 0.05) is 21.8 Å². The molecule has 0 aromatic heterocycles. The van der Waals surface area contributed by atoms with Crippen LogP contribution < -0.4 is 9.47 Å². The molecule has 3 rings (SSSR count). The lowest BCUT2D eigenvalue weighted by atomic mass is 10.2. The van der Waals surface area contributed by atoms with E-state index in [4.69, 9.17) is 44.3 Å². The van der Waals surface area contributed by atoms with Crippen LogP contribution >= 0.6 is 34.8 Å². The molecule has 0 saturated heterocycles. The highest BCUT2D eigenvalue weighted by molar-refractivity contribution is 6.36. The van der Waals surface area contributed by atoms with Gasteiger partial charge in [0.15, 0.2) is 0 Å². The second kappa shape index (κ2) is 9.20. The van der Waals surface area contributed by atoms with Crippen molar-refractivity contribution in [3.8, 4) is 17.2 Å². The van der Waals surface area contributed by atoms with E-state index in [1.807, 2.05) is 24.3 Å². The molecular weight excluding hydrogens is 421 g/mol. The van der Waals surface area contributed by atoms with Crippen LogP contribution in [0.2, 0.25) is 15.1 Å². The molecule has 1 N–H and O–H groups in total. The highest BCUT2D eigenvalue weighted by Gasteiger charge is 2.08. The Morgan fingerprint density at radius 1 is 1.00 bits per heavy atom. The maximum atomic E-state index is 10.1. The number of benzene rings is 3. The summed E-state index contributed by atoms with van der Waals surface area (Å²) in [7, 11) is 1.61. The molecule has 0 aliphatic heterocycles. The quantitative estimate of drug-likeness (QED) is 0.438. The van der Waals surface area contributed by atoms with E-state index in [1.165, 1.54) is 12.3 Å². The minimum atomic E-state index is -0.101. The van der Waals surface area contributed by atoms with E-state index in [-0.39, 0.29) is 10.8 Å². The molecule has 0 spiro atoms. The first-order chi connectivity index (χ1) is 13.5. The summed E-state index contributed by atoms with van der Waals surface area (Å²) in [6.45, 7) is 0.329.